The van der Waals surface area contributed by atoms with E-state index < -0.39 is 0 Å². The molecule has 0 spiro atoms. The van der Waals surface area contributed by atoms with Crippen LogP contribution in [0.1, 0.15) is 23.2 Å². The van der Waals surface area contributed by atoms with E-state index in [-0.39, 0.29) is 24.2 Å². The fourth-order valence-corrected chi connectivity index (χ4v) is 3.47. The Hall–Kier alpha value is -2.47. The van der Waals surface area contributed by atoms with E-state index in [4.69, 9.17) is 9.47 Å². The molecule has 2 aromatic heterocycles. The molecule has 0 radical (unpaired) electrons. The highest BCUT2D eigenvalue weighted by Crippen LogP contribution is 2.32. The van der Waals surface area contributed by atoms with Crippen LogP contribution in [-0.2, 0) is 4.74 Å². The van der Waals surface area contributed by atoms with Crippen LogP contribution in [0.4, 0.5) is 0 Å². The molecule has 4 rings (SSSR count). The second-order valence-electron chi connectivity index (χ2n) is 6.07. The number of hydrogen-bond donors (Lipinski definition) is 0. The van der Waals surface area contributed by atoms with Gasteiger partial charge in [0.15, 0.2) is 0 Å². The molecule has 0 aromatic carbocycles. The van der Waals surface area contributed by atoms with Gasteiger partial charge in [-0.2, -0.15) is 0 Å². The molecule has 4 heterocycles. The Morgan fingerprint density at radius 1 is 1.25 bits per heavy atom. The lowest BCUT2D eigenvalue weighted by Gasteiger charge is -2.32. The van der Waals surface area contributed by atoms with E-state index in [0.717, 1.165) is 12.8 Å². The van der Waals surface area contributed by atoms with Crippen LogP contribution in [0.25, 0.3) is 0 Å². The summed E-state index contributed by atoms with van der Waals surface area (Å²) >= 11 is 0. The first-order valence-electron chi connectivity index (χ1n) is 8.23. The van der Waals surface area contributed by atoms with Crippen LogP contribution in [0.5, 0.6) is 5.88 Å². The Morgan fingerprint density at radius 3 is 3.00 bits per heavy atom. The zero-order chi connectivity index (χ0) is 16.4. The van der Waals surface area contributed by atoms with Crippen LogP contribution >= 0.6 is 0 Å². The summed E-state index contributed by atoms with van der Waals surface area (Å²) in [6.07, 6.45) is 6.54. The maximum Gasteiger partial charge on any atom is 0.255 e. The molecule has 124 valence electrons. The quantitative estimate of drug-likeness (QED) is 0.863. The lowest BCUT2D eigenvalue weighted by molar-refractivity contribution is -0.0455. The molecular weight excluding hydrogens is 306 g/mol. The predicted octanol–water partition coefficient (Wildman–Crippen LogP) is 1.93. The summed E-state index contributed by atoms with van der Waals surface area (Å²) in [5, 5.41) is 0. The van der Waals surface area contributed by atoms with Crippen molar-refractivity contribution in [1.82, 2.24) is 14.9 Å². The lowest BCUT2D eigenvalue weighted by atomic mass is 10.0. The number of hydrogen-bond acceptors (Lipinski definition) is 5. The fraction of sp³-hybridized carbons (Fsp3) is 0.389. The maximum absolute atomic E-state index is 12.9. The van der Waals surface area contributed by atoms with Crippen LogP contribution in [0.2, 0.25) is 0 Å². The first kappa shape index (κ1) is 15.1. The van der Waals surface area contributed by atoms with Crippen molar-refractivity contribution in [2.75, 3.05) is 13.2 Å². The van der Waals surface area contributed by atoms with Crippen molar-refractivity contribution >= 4 is 5.91 Å². The molecule has 6 nitrogen and oxygen atoms in total. The number of amides is 1. The molecule has 2 aliphatic rings. The number of fused-ring (bicyclic) bond motifs is 1. The van der Waals surface area contributed by atoms with Crippen molar-refractivity contribution in [3.63, 3.8) is 0 Å². The van der Waals surface area contributed by atoms with Gasteiger partial charge in [0.2, 0.25) is 5.88 Å². The second-order valence-corrected chi connectivity index (χ2v) is 6.07. The molecule has 1 amide bonds. The minimum absolute atomic E-state index is 0.0179. The van der Waals surface area contributed by atoms with Gasteiger partial charge in [0.25, 0.3) is 5.91 Å². The molecule has 0 aliphatic carbocycles. The van der Waals surface area contributed by atoms with Gasteiger partial charge in [-0.25, -0.2) is 4.98 Å². The van der Waals surface area contributed by atoms with Crippen molar-refractivity contribution in [1.29, 1.82) is 0 Å². The highest BCUT2D eigenvalue weighted by Gasteiger charge is 2.47. The number of rotatable bonds is 3. The van der Waals surface area contributed by atoms with E-state index in [0.29, 0.717) is 24.6 Å². The van der Waals surface area contributed by atoms with Gasteiger partial charge < -0.3 is 14.4 Å². The SMILES string of the molecule is O=C(c1cccnc1)N1C[C@H](Oc2ccccn2)[C@H]2OCCC[C@H]21. The Balaban J connectivity index is 1.56. The van der Waals surface area contributed by atoms with E-state index in [2.05, 4.69) is 9.97 Å². The minimum atomic E-state index is -0.203. The smallest absolute Gasteiger partial charge is 0.255 e. The number of carbonyl (C=O) groups is 1. The zero-order valence-corrected chi connectivity index (χ0v) is 13.2. The van der Waals surface area contributed by atoms with Crippen molar-refractivity contribution in [2.24, 2.45) is 0 Å². The van der Waals surface area contributed by atoms with E-state index >= 15 is 0 Å². The molecule has 0 unspecified atom stereocenters. The summed E-state index contributed by atoms with van der Waals surface area (Å²) in [7, 11) is 0. The minimum Gasteiger partial charge on any atom is -0.470 e. The molecule has 0 bridgehead atoms. The number of likely N-dealkylation sites (tertiary alicyclic amines) is 1. The fourth-order valence-electron chi connectivity index (χ4n) is 3.47. The largest absolute Gasteiger partial charge is 0.470 e. The second kappa shape index (κ2) is 6.57. The molecular formula is C18H19N3O3. The average Bonchev–Trinajstić information content (AvgIpc) is 3.01. The third-order valence-electron chi connectivity index (χ3n) is 4.56. The van der Waals surface area contributed by atoms with Gasteiger partial charge in [0, 0.05) is 31.3 Å². The molecule has 0 N–H and O–H groups in total. The van der Waals surface area contributed by atoms with Crippen LogP contribution in [0.15, 0.2) is 48.9 Å². The van der Waals surface area contributed by atoms with E-state index in [1.807, 2.05) is 23.1 Å². The number of aromatic nitrogens is 2. The molecule has 2 fully saturated rings. The normalized spacial score (nSPS) is 26.0. The topological polar surface area (TPSA) is 64.6 Å². The van der Waals surface area contributed by atoms with Crippen molar-refractivity contribution in [3.8, 4) is 5.88 Å². The van der Waals surface area contributed by atoms with E-state index in [1.165, 1.54) is 0 Å². The molecule has 0 saturated carbocycles. The number of nitrogens with zero attached hydrogens (tertiary/aromatic N) is 3. The Labute approximate surface area is 140 Å². The standard InChI is InChI=1S/C18H19N3O3/c22-18(13-5-3-8-19-11-13)21-12-15(17-14(21)6-4-10-23-17)24-16-7-1-2-9-20-16/h1-3,5,7-9,11,14-15,17H,4,6,10,12H2/t14-,15+,17+/m1/s1. The van der Waals surface area contributed by atoms with Gasteiger partial charge in [-0.3, -0.25) is 9.78 Å². The molecule has 24 heavy (non-hydrogen) atoms. The number of ether oxygens (including phenoxy) is 2. The van der Waals surface area contributed by atoms with Gasteiger partial charge >= 0.3 is 0 Å². The number of pyridine rings is 2. The monoisotopic (exact) mass is 325 g/mol. The highest BCUT2D eigenvalue weighted by molar-refractivity contribution is 5.94. The van der Waals surface area contributed by atoms with Crippen LogP contribution < -0.4 is 4.74 Å². The lowest BCUT2D eigenvalue weighted by Crippen LogP contribution is -2.44. The zero-order valence-electron chi connectivity index (χ0n) is 13.2. The first-order valence-corrected chi connectivity index (χ1v) is 8.23. The summed E-state index contributed by atoms with van der Waals surface area (Å²) in [4.78, 5) is 23.0. The summed E-state index contributed by atoms with van der Waals surface area (Å²) in [5.74, 6) is 0.543. The van der Waals surface area contributed by atoms with Crippen LogP contribution in [0.3, 0.4) is 0 Å². The van der Waals surface area contributed by atoms with Crippen molar-refractivity contribution in [2.45, 2.75) is 31.1 Å². The first-order chi connectivity index (χ1) is 11.8. The summed E-state index contributed by atoms with van der Waals surface area (Å²) < 4.78 is 12.0. The molecule has 3 atom stereocenters. The highest BCUT2D eigenvalue weighted by atomic mass is 16.5. The van der Waals surface area contributed by atoms with Gasteiger partial charge in [0.05, 0.1) is 18.2 Å². The molecule has 2 aromatic rings. The maximum atomic E-state index is 12.9. The third-order valence-corrected chi connectivity index (χ3v) is 4.56. The Morgan fingerprint density at radius 2 is 2.21 bits per heavy atom. The van der Waals surface area contributed by atoms with Crippen LogP contribution in [-0.4, -0.2) is 52.2 Å². The van der Waals surface area contributed by atoms with Crippen LogP contribution in [0, 0.1) is 0 Å². The molecule has 2 saturated heterocycles. The third kappa shape index (κ3) is 2.85. The summed E-state index contributed by atoms with van der Waals surface area (Å²) in [6.45, 7) is 1.21. The van der Waals surface area contributed by atoms with Crippen molar-refractivity contribution < 1.29 is 14.3 Å². The molecule has 6 heteroatoms. The van der Waals surface area contributed by atoms with E-state index in [9.17, 15) is 4.79 Å². The Bertz CT molecular complexity index is 695. The van der Waals surface area contributed by atoms with Gasteiger partial charge in [-0.05, 0) is 31.0 Å². The van der Waals surface area contributed by atoms with E-state index in [1.54, 1.807) is 30.7 Å². The van der Waals surface area contributed by atoms with Crippen molar-refractivity contribution in [3.05, 3.63) is 54.5 Å². The van der Waals surface area contributed by atoms with Gasteiger partial charge in [-0.1, -0.05) is 6.07 Å². The number of carbonyl (C=O) groups excluding carboxylic acids is 1. The average molecular weight is 325 g/mol. The van der Waals surface area contributed by atoms with Gasteiger partial charge in [0.1, 0.15) is 12.2 Å². The summed E-state index contributed by atoms with van der Waals surface area (Å²) in [5.41, 5.74) is 0.598. The summed E-state index contributed by atoms with van der Waals surface area (Å²) in [6, 6.07) is 9.17. The van der Waals surface area contributed by atoms with Gasteiger partial charge in [-0.15, -0.1) is 0 Å². The predicted molar refractivity (Wildman–Crippen MR) is 86.7 cm³/mol. The molecule has 2 aliphatic heterocycles. The Kier molecular flexibility index (Phi) is 4.13.